The van der Waals surface area contributed by atoms with Crippen molar-refractivity contribution < 1.29 is 48.6 Å². The number of rotatable bonds is 14. The third kappa shape index (κ3) is 32.3. The van der Waals surface area contributed by atoms with Gasteiger partial charge in [-0.2, -0.15) is 0 Å². The fraction of sp³-hybridized carbons (Fsp3) is 0.348. The second-order valence-electron chi connectivity index (χ2n) is 20.7. The average Bonchev–Trinajstić information content (AvgIpc) is 3.57. The molecule has 0 heterocycles. The summed E-state index contributed by atoms with van der Waals surface area (Å²) in [6.07, 6.45) is 0.337. The smallest absolute Gasteiger partial charge is 0.335 e. The van der Waals surface area contributed by atoms with Crippen LogP contribution in [0.4, 0.5) is 11.4 Å². The van der Waals surface area contributed by atoms with Crippen molar-refractivity contribution in [1.82, 2.24) is 0 Å². The number of hydrogen-bond acceptors (Lipinski definition) is 11. The molecular formula is C66H91N5O9S2. The van der Waals surface area contributed by atoms with Gasteiger partial charge in [0, 0.05) is 28.9 Å². The molecule has 6 rings (SSSR count). The Bertz CT molecular complexity index is 2840. The highest BCUT2D eigenvalue weighted by atomic mass is 32.1. The van der Waals surface area contributed by atoms with Crippen LogP contribution in [0, 0.1) is 5.92 Å². The fourth-order valence-electron chi connectivity index (χ4n) is 6.90. The molecule has 6 aromatic rings. The van der Waals surface area contributed by atoms with Crippen molar-refractivity contribution in [2.24, 2.45) is 23.1 Å². The second-order valence-corrected chi connectivity index (χ2v) is 21.4. The number of carboxylic acid groups (broad SMARTS) is 3. The molecule has 82 heavy (non-hydrogen) atoms. The Hall–Kier alpha value is -7.95. The number of carbonyl (C=O) groups excluding carboxylic acids is 2. The number of carboxylic acids is 3. The molecule has 16 heteroatoms. The molecule has 0 aliphatic rings. The largest absolute Gasteiger partial charge is 0.486 e. The van der Waals surface area contributed by atoms with E-state index in [2.05, 4.69) is 104 Å². The maximum absolute atomic E-state index is 11.2. The molecule has 12 N–H and O–H groups in total. The third-order valence-corrected chi connectivity index (χ3v) is 11.7. The number of thiocarbonyl (C=S) groups is 2. The number of anilines is 2. The molecule has 0 unspecified atom stereocenters. The normalized spacial score (nSPS) is 10.9. The van der Waals surface area contributed by atoms with E-state index in [1.807, 2.05) is 138 Å². The van der Waals surface area contributed by atoms with Gasteiger partial charge in [-0.15, -0.1) is 0 Å². The van der Waals surface area contributed by atoms with E-state index >= 15 is 0 Å². The number of nitrogens with one attached hydrogen (secondary N) is 2. The molecule has 2 amide bonds. The minimum absolute atomic E-state index is 0. The number of benzene rings is 6. The molecule has 0 bridgehead atoms. The van der Waals surface area contributed by atoms with Gasteiger partial charge >= 0.3 is 17.9 Å². The Labute approximate surface area is 509 Å². The summed E-state index contributed by atoms with van der Waals surface area (Å²) in [4.78, 5) is 54.5. The van der Waals surface area contributed by atoms with Gasteiger partial charge in [-0.25, -0.2) is 9.59 Å². The molecule has 0 aromatic heterocycles. The zero-order chi connectivity index (χ0) is 67.1. The van der Waals surface area contributed by atoms with Crippen molar-refractivity contribution in [2.45, 2.75) is 146 Å². The monoisotopic (exact) mass is 1180 g/mol. The molecule has 0 aliphatic carbocycles. The van der Waals surface area contributed by atoms with Gasteiger partial charge in [0.1, 0.15) is 0 Å². The van der Waals surface area contributed by atoms with Crippen molar-refractivity contribution in [3.63, 3.8) is 0 Å². The molecule has 0 fully saturated rings. The van der Waals surface area contributed by atoms with E-state index in [1.54, 1.807) is 48.5 Å². The number of aliphatic hydroxyl groups excluding tert-OH is 1. The van der Waals surface area contributed by atoms with Crippen molar-refractivity contribution in [3.05, 3.63) is 201 Å². The Morgan fingerprint density at radius 1 is 0.439 bits per heavy atom. The fourth-order valence-corrected chi connectivity index (χ4v) is 7.14. The van der Waals surface area contributed by atoms with Gasteiger partial charge < -0.3 is 48.2 Å². The highest BCUT2D eigenvalue weighted by Crippen LogP contribution is 2.21. The number of aromatic carboxylic acids is 2. The highest BCUT2D eigenvalue weighted by molar-refractivity contribution is 7.80. The van der Waals surface area contributed by atoms with E-state index < -0.39 is 17.9 Å². The molecule has 14 nitrogen and oxygen atoms in total. The number of aliphatic carboxylic acids is 1. The van der Waals surface area contributed by atoms with E-state index in [1.165, 1.54) is 22.3 Å². The first-order chi connectivity index (χ1) is 41.5. The standard InChI is InChI=1S/C10H14N2S.C10H13NOS.2C10H13NO.2C10H12O2.C5H10O2.CH4/c1-7(2)8-3-5-9(6-4-8)12-10(11)13;1-7(2)8-3-5-9(6-4-8)11-10(12)13;1-7(2)8-3-5-9(6-4-8)10(11)12;1-7(2)8-5-3-4-6-9(8)10(11)12;1-7(2)8-3-5-9(6-4-8)10(11)12;1-7(2)8-5-3-4-6-9(8)10(11)12;1-4(2)3-5(6)7;/h3-7H,1-2H3,(H3,11,12,13);3-7H,1-2H3,(H2,11,12,13);2*3-7H,1-2H3,(H2,11,12);2*3-7H,1-2H3,(H,11,12);4H,3H2,1-2H3,(H,6,7);1H4/i/hT7. The molecule has 0 aliphatic heterocycles. The Morgan fingerprint density at radius 2 is 0.817 bits per heavy atom. The lowest BCUT2D eigenvalue weighted by atomic mass is 9.97. The summed E-state index contributed by atoms with van der Waals surface area (Å²) in [5.41, 5.74) is 16.4. The zero-order valence-electron chi connectivity index (χ0n) is 56.1. The summed E-state index contributed by atoms with van der Waals surface area (Å²) in [6.45, 7) is 28.8. The van der Waals surface area contributed by atoms with E-state index in [4.69, 9.17) is 34.4 Å². The minimum atomic E-state index is -0.615. The number of carbonyl (C=O) groups is 5. The molecule has 0 spiro atoms. The lowest BCUT2D eigenvalue weighted by molar-refractivity contribution is -0.137. The van der Waals surface area contributed by atoms with Gasteiger partial charge in [-0.05, 0) is 160 Å². The van der Waals surface area contributed by atoms with Crippen LogP contribution in [0.1, 0.15) is 221 Å². The summed E-state index contributed by atoms with van der Waals surface area (Å²) >= 11 is 9.51. The maximum atomic E-state index is 11.2. The van der Waals surface area contributed by atoms with Crippen LogP contribution in [0.2, 0.25) is 4.24 Å². The van der Waals surface area contributed by atoms with Crippen molar-refractivity contribution >= 4 is 75.8 Å². The van der Waals surface area contributed by atoms with Gasteiger partial charge in [0.15, 0.2) is 9.35 Å². The first kappa shape index (κ1) is 63.2. The van der Waals surface area contributed by atoms with Crippen LogP contribution >= 0.6 is 24.4 Å². The van der Waals surface area contributed by atoms with Crippen LogP contribution in [0.25, 0.3) is 5.72 Å². The van der Waals surface area contributed by atoms with Crippen LogP contribution in [0.3, 0.4) is 0 Å². The topological polar surface area (TPSA) is 268 Å². The summed E-state index contributed by atoms with van der Waals surface area (Å²) in [5.74, 6) is 0.429. The average molecular weight is 1180 g/mol. The molecule has 0 saturated heterocycles. The van der Waals surface area contributed by atoms with Crippen molar-refractivity contribution in [3.8, 4) is 0 Å². The van der Waals surface area contributed by atoms with Gasteiger partial charge in [0.2, 0.25) is 11.8 Å². The summed E-state index contributed by atoms with van der Waals surface area (Å²) in [7, 11) is 0. The number of hydrogen-bond donors (Lipinski definition) is 9. The Morgan fingerprint density at radius 3 is 1.16 bits per heavy atom. The summed E-state index contributed by atoms with van der Waals surface area (Å²) in [6, 6.07) is 44.8. The van der Waals surface area contributed by atoms with Crippen molar-refractivity contribution in [1.29, 1.82) is 5.72 Å². The third-order valence-electron chi connectivity index (χ3n) is 11.5. The molecular weight excluding hydrogens is 1070 g/mol. The first-order valence-corrected chi connectivity index (χ1v) is 27.3. The first-order valence-electron chi connectivity index (χ1n) is 29.6. The predicted octanol–water partition coefficient (Wildman–Crippen LogP) is 16.1. The van der Waals surface area contributed by atoms with Crippen LogP contribution in [0.15, 0.2) is 146 Å². The molecule has 0 atom stereocenters. The maximum Gasteiger partial charge on any atom is 0.335 e. The highest BCUT2D eigenvalue weighted by Gasteiger charge is 2.12. The van der Waals surface area contributed by atoms with Crippen molar-refractivity contribution in [2.75, 3.05) is 10.6 Å². The molecule has 446 valence electrons. The number of amides is 2. The van der Waals surface area contributed by atoms with E-state index in [0.29, 0.717) is 63.4 Å². The van der Waals surface area contributed by atoms with E-state index in [9.17, 15) is 24.0 Å². The van der Waals surface area contributed by atoms with E-state index in [-0.39, 0.29) is 36.3 Å². The van der Waals surface area contributed by atoms with Gasteiger partial charge in [-0.3, -0.25) is 14.4 Å². The van der Waals surface area contributed by atoms with Crippen LogP contribution in [-0.4, -0.2) is 60.4 Å². The van der Waals surface area contributed by atoms with E-state index in [0.717, 1.165) is 22.5 Å². The van der Waals surface area contributed by atoms with Gasteiger partial charge in [0.05, 0.1) is 11.1 Å². The lowest BCUT2D eigenvalue weighted by Crippen LogP contribution is -2.18. The van der Waals surface area contributed by atoms with Crippen LogP contribution in [-0.2, 0) is 4.79 Å². The molecule has 0 saturated carbocycles. The Kier molecular flexibility index (Phi) is 31.0. The summed E-state index contributed by atoms with van der Waals surface area (Å²) in [5, 5.41) is 21.6. The zero-order valence-corrected chi connectivity index (χ0v) is 50.7. The molecule has 0 radical (unpaired) electrons. The number of aliphatic hydroxyl groups is 1. The van der Waals surface area contributed by atoms with Gasteiger partial charge in [-0.1, -0.05) is 189 Å². The minimum Gasteiger partial charge on any atom is -0.486 e. The predicted molar refractivity (Wildman–Crippen MR) is 347 cm³/mol. The number of primary amides is 2. The Balaban J connectivity index is 0. The molecule has 6 aromatic carbocycles. The van der Waals surface area contributed by atoms with Crippen LogP contribution < -0.4 is 27.8 Å². The SMILES string of the molecule is C.[3H]NC(=O)c1ccc(C(C)C)cc1.[3H]NC(=O)c1ccccc1C(C)C.[3H]NC(=S)Nc1ccc(C(C)C)cc1.[3H]OC(=O)CC(C)C.[3H]OC(=O)c1ccc(C(C)C)cc1.[3H]OC(=O)c1ccccc1C(C)C.[3H]OC(=S)Nc1ccc(C(C)C)cc1. The summed E-state index contributed by atoms with van der Waals surface area (Å²) < 4.78 is 46.0. The quantitative estimate of drug-likeness (QED) is 0.0459. The lowest BCUT2D eigenvalue weighted by Gasteiger charge is -2.08. The number of nitrogens with two attached hydrogens (primary N) is 3. The van der Waals surface area contributed by atoms with Crippen LogP contribution in [0.5, 0.6) is 0 Å². The second kappa shape index (κ2) is 40.3. The van der Waals surface area contributed by atoms with Gasteiger partial charge in [0.25, 0.3) is 10.9 Å².